The van der Waals surface area contributed by atoms with Gasteiger partial charge in [-0.2, -0.15) is 0 Å². The van der Waals surface area contributed by atoms with Crippen molar-refractivity contribution in [1.82, 2.24) is 15.3 Å². The molecule has 0 radical (unpaired) electrons. The summed E-state index contributed by atoms with van der Waals surface area (Å²) < 4.78 is 15.0. The van der Waals surface area contributed by atoms with Gasteiger partial charge in [0.1, 0.15) is 17.3 Å². The molecule has 1 aliphatic carbocycles. The Bertz CT molecular complexity index is 1190. The number of halogens is 2. The van der Waals surface area contributed by atoms with Gasteiger partial charge >= 0.3 is 0 Å². The van der Waals surface area contributed by atoms with Crippen LogP contribution in [-0.4, -0.2) is 33.6 Å². The van der Waals surface area contributed by atoms with E-state index in [0.717, 1.165) is 30.5 Å². The lowest BCUT2D eigenvalue weighted by molar-refractivity contribution is 0.0933. The molecule has 4 rings (SSSR count). The van der Waals surface area contributed by atoms with Gasteiger partial charge in [-0.3, -0.25) is 4.79 Å². The molecular weight excluding hydrogens is 457 g/mol. The first-order valence-corrected chi connectivity index (χ1v) is 11.6. The van der Waals surface area contributed by atoms with E-state index in [1.54, 1.807) is 36.5 Å². The maximum atomic E-state index is 15.0. The molecule has 3 unspecified atom stereocenters. The van der Waals surface area contributed by atoms with E-state index in [-0.39, 0.29) is 29.9 Å². The number of amides is 1. The van der Waals surface area contributed by atoms with E-state index in [1.807, 2.05) is 0 Å². The van der Waals surface area contributed by atoms with Crippen molar-refractivity contribution < 1.29 is 14.3 Å². The summed E-state index contributed by atoms with van der Waals surface area (Å²) in [5, 5.41) is 13.3. The fraction of sp³-hybridized carbons (Fsp3) is 0.320. The Labute approximate surface area is 202 Å². The fourth-order valence-electron chi connectivity index (χ4n) is 4.34. The third-order valence-electron chi connectivity index (χ3n) is 6.16. The van der Waals surface area contributed by atoms with Gasteiger partial charge in [0.15, 0.2) is 0 Å². The molecule has 34 heavy (non-hydrogen) atoms. The van der Waals surface area contributed by atoms with Crippen LogP contribution in [0.5, 0.6) is 0 Å². The first-order valence-electron chi connectivity index (χ1n) is 11.2. The number of nitrogens with zero attached hydrogens (tertiary/aromatic N) is 2. The Hall–Kier alpha value is -3.07. The summed E-state index contributed by atoms with van der Waals surface area (Å²) in [7, 11) is 0. The van der Waals surface area contributed by atoms with Gasteiger partial charge < -0.3 is 21.9 Å². The van der Waals surface area contributed by atoms with Crippen molar-refractivity contribution in [1.29, 1.82) is 0 Å². The Morgan fingerprint density at radius 3 is 2.79 bits per heavy atom. The summed E-state index contributed by atoms with van der Waals surface area (Å²) in [6.07, 6.45) is 4.45. The number of aromatic nitrogens is 2. The minimum Gasteiger partial charge on any atom is -0.393 e. The van der Waals surface area contributed by atoms with E-state index in [1.165, 1.54) is 12.1 Å². The summed E-state index contributed by atoms with van der Waals surface area (Å²) in [5.41, 5.74) is 14.0. The average Bonchev–Trinajstić information content (AvgIpc) is 2.82. The summed E-state index contributed by atoms with van der Waals surface area (Å²) in [6.45, 7) is 0.126. The van der Waals surface area contributed by atoms with Crippen LogP contribution in [-0.2, 0) is 0 Å². The smallest absolute Gasteiger partial charge is 0.254 e. The van der Waals surface area contributed by atoms with Crippen LogP contribution in [0.4, 0.5) is 10.2 Å². The van der Waals surface area contributed by atoms with Crippen molar-refractivity contribution in [3.63, 3.8) is 0 Å². The highest BCUT2D eigenvalue weighted by atomic mass is 35.5. The average molecular weight is 484 g/mol. The second-order valence-corrected chi connectivity index (χ2v) is 8.99. The number of nitrogen functional groups attached to an aromatic ring is 1. The van der Waals surface area contributed by atoms with Crippen molar-refractivity contribution >= 4 is 23.3 Å². The molecule has 0 saturated heterocycles. The van der Waals surface area contributed by atoms with Gasteiger partial charge in [-0.1, -0.05) is 36.2 Å². The number of carbonyl (C=O) groups is 1. The van der Waals surface area contributed by atoms with Crippen LogP contribution in [0.15, 0.2) is 48.7 Å². The Morgan fingerprint density at radius 1 is 1.26 bits per heavy atom. The van der Waals surface area contributed by atoms with Gasteiger partial charge in [0.25, 0.3) is 5.91 Å². The standard InChI is InChI=1S/C25H27ClFN5O2/c26-17-5-1-3-14(9-17)21(12-28)32-25(34)19-8-7-16(11-20(19)27)23-24(29)30-13-22(31-23)15-4-2-6-18(33)10-15/h1,3,5,7-9,11,13,15,18,21,33H,2,4,6,10,12,28H2,(H2,29,30)(H,32,34). The number of hydrogen-bond acceptors (Lipinski definition) is 6. The van der Waals surface area contributed by atoms with Crippen LogP contribution in [0.1, 0.15) is 59.3 Å². The van der Waals surface area contributed by atoms with Crippen LogP contribution >= 0.6 is 11.6 Å². The largest absolute Gasteiger partial charge is 0.393 e. The molecule has 9 heteroatoms. The third kappa shape index (κ3) is 5.35. The quantitative estimate of drug-likeness (QED) is 0.420. The van der Waals surface area contributed by atoms with Gasteiger partial charge in [0.05, 0.1) is 29.6 Å². The molecule has 1 amide bonds. The fourth-order valence-corrected chi connectivity index (χ4v) is 4.54. The SMILES string of the molecule is NCC(NC(=O)c1ccc(-c2nc(C3CCCC(O)C3)cnc2N)cc1F)c1cccc(Cl)c1. The lowest BCUT2D eigenvalue weighted by Gasteiger charge is -2.25. The molecule has 3 atom stereocenters. The number of hydrogen-bond donors (Lipinski definition) is 4. The maximum absolute atomic E-state index is 15.0. The van der Waals surface area contributed by atoms with E-state index in [2.05, 4.69) is 15.3 Å². The highest BCUT2D eigenvalue weighted by Crippen LogP contribution is 2.34. The predicted molar refractivity (Wildman–Crippen MR) is 130 cm³/mol. The lowest BCUT2D eigenvalue weighted by atomic mass is 9.85. The van der Waals surface area contributed by atoms with E-state index in [4.69, 9.17) is 23.1 Å². The topological polar surface area (TPSA) is 127 Å². The molecule has 1 saturated carbocycles. The third-order valence-corrected chi connectivity index (χ3v) is 6.40. The molecule has 6 N–H and O–H groups in total. The highest BCUT2D eigenvalue weighted by molar-refractivity contribution is 6.30. The molecule has 3 aromatic rings. The van der Waals surface area contributed by atoms with Crippen LogP contribution in [0, 0.1) is 5.82 Å². The molecule has 0 aliphatic heterocycles. The predicted octanol–water partition coefficient (Wildman–Crippen LogP) is 3.97. The Balaban J connectivity index is 1.56. The van der Waals surface area contributed by atoms with Crippen LogP contribution in [0.2, 0.25) is 5.02 Å². The molecule has 178 valence electrons. The first kappa shape index (κ1) is 24.1. The molecule has 1 heterocycles. The number of rotatable bonds is 6. The second kappa shape index (κ2) is 10.5. The van der Waals surface area contributed by atoms with Gasteiger partial charge in [0.2, 0.25) is 0 Å². The second-order valence-electron chi connectivity index (χ2n) is 8.56. The number of nitrogens with two attached hydrogens (primary N) is 2. The van der Waals surface area contributed by atoms with Gasteiger partial charge in [-0.05, 0) is 49.1 Å². The molecule has 1 aliphatic rings. The molecule has 0 bridgehead atoms. The zero-order valence-electron chi connectivity index (χ0n) is 18.5. The molecule has 1 fully saturated rings. The number of nitrogens with one attached hydrogen (secondary N) is 1. The van der Waals surface area contributed by atoms with E-state index in [9.17, 15) is 9.90 Å². The summed E-state index contributed by atoms with van der Waals surface area (Å²) in [6, 6.07) is 10.7. The van der Waals surface area contributed by atoms with Gasteiger partial charge in [0, 0.05) is 23.0 Å². The van der Waals surface area contributed by atoms with Gasteiger partial charge in [-0.15, -0.1) is 0 Å². The Morgan fingerprint density at radius 2 is 2.09 bits per heavy atom. The minimum absolute atomic E-state index is 0.0742. The number of carbonyl (C=O) groups excluding carboxylic acids is 1. The zero-order chi connectivity index (χ0) is 24.2. The Kier molecular flexibility index (Phi) is 7.41. The van der Waals surface area contributed by atoms with Crippen molar-refractivity contribution in [2.45, 2.75) is 43.7 Å². The molecule has 1 aromatic heterocycles. The van der Waals surface area contributed by atoms with Crippen LogP contribution in [0.25, 0.3) is 11.3 Å². The minimum atomic E-state index is -0.712. The first-order chi connectivity index (χ1) is 16.4. The maximum Gasteiger partial charge on any atom is 0.254 e. The van der Waals surface area contributed by atoms with Crippen LogP contribution < -0.4 is 16.8 Å². The van der Waals surface area contributed by atoms with E-state index in [0.29, 0.717) is 22.7 Å². The molecular formula is C25H27ClFN5O2. The number of aliphatic hydroxyl groups excluding tert-OH is 1. The molecule has 7 nitrogen and oxygen atoms in total. The summed E-state index contributed by atoms with van der Waals surface area (Å²) in [4.78, 5) is 21.7. The zero-order valence-corrected chi connectivity index (χ0v) is 19.3. The monoisotopic (exact) mass is 483 g/mol. The summed E-state index contributed by atoms with van der Waals surface area (Å²) in [5.74, 6) is -1.06. The van der Waals surface area contributed by atoms with Crippen molar-refractivity contribution in [2.24, 2.45) is 5.73 Å². The van der Waals surface area contributed by atoms with Crippen molar-refractivity contribution in [3.8, 4) is 11.3 Å². The van der Waals surface area contributed by atoms with E-state index < -0.39 is 17.8 Å². The normalized spacial score (nSPS) is 18.9. The van der Waals surface area contributed by atoms with Crippen molar-refractivity contribution in [2.75, 3.05) is 12.3 Å². The molecule has 2 aromatic carbocycles. The van der Waals surface area contributed by atoms with Gasteiger partial charge in [-0.25, -0.2) is 14.4 Å². The lowest BCUT2D eigenvalue weighted by Crippen LogP contribution is -2.33. The van der Waals surface area contributed by atoms with Crippen molar-refractivity contribution in [3.05, 3.63) is 76.3 Å². The van der Waals surface area contributed by atoms with E-state index >= 15 is 4.39 Å². The van der Waals surface area contributed by atoms with Crippen LogP contribution in [0.3, 0.4) is 0 Å². The molecule has 0 spiro atoms. The summed E-state index contributed by atoms with van der Waals surface area (Å²) >= 11 is 6.03. The number of aliphatic hydroxyl groups is 1. The highest BCUT2D eigenvalue weighted by Gasteiger charge is 2.24. The number of anilines is 1. The number of benzene rings is 2.